The zero-order valence-corrected chi connectivity index (χ0v) is 19.6. The van der Waals surface area contributed by atoms with Gasteiger partial charge in [0, 0.05) is 50.0 Å². The Balaban J connectivity index is 1.72. The van der Waals surface area contributed by atoms with Gasteiger partial charge < -0.3 is 24.7 Å². The number of nitrogens with two attached hydrogens (primary N) is 1. The van der Waals surface area contributed by atoms with Crippen molar-refractivity contribution in [2.75, 3.05) is 38.3 Å². The number of piperidine rings is 1. The molecule has 10 nitrogen and oxygen atoms in total. The van der Waals surface area contributed by atoms with E-state index in [-0.39, 0.29) is 17.4 Å². The molecule has 10 heteroatoms. The van der Waals surface area contributed by atoms with Crippen LogP contribution in [-0.4, -0.2) is 58.8 Å². The van der Waals surface area contributed by atoms with Crippen molar-refractivity contribution in [1.82, 2.24) is 19.5 Å². The fourth-order valence-corrected chi connectivity index (χ4v) is 4.15. The monoisotopic (exact) mass is 466 g/mol. The molecular weight excluding hydrogens is 436 g/mol. The van der Waals surface area contributed by atoms with Gasteiger partial charge in [0.2, 0.25) is 11.8 Å². The standard InChI is InChI=1S/C24H30N6O4/c1-3-11-34-12-10-30-20-13-18(17-4-5-21(33-2)27-14-17)26-15-19(20)28-23(24(30)32)29-8-6-16(7-9-29)22(25)31/h4-5,13-16H,3,6-12H2,1-2H3,(H2,25,31). The average molecular weight is 467 g/mol. The summed E-state index contributed by atoms with van der Waals surface area (Å²) in [7, 11) is 1.56. The van der Waals surface area contributed by atoms with Crippen molar-refractivity contribution in [2.24, 2.45) is 11.7 Å². The summed E-state index contributed by atoms with van der Waals surface area (Å²) in [5.74, 6) is 0.428. The van der Waals surface area contributed by atoms with Crippen LogP contribution in [0.2, 0.25) is 0 Å². The van der Waals surface area contributed by atoms with E-state index >= 15 is 0 Å². The van der Waals surface area contributed by atoms with Crippen molar-refractivity contribution >= 4 is 22.8 Å². The molecule has 0 unspecified atom stereocenters. The topological polar surface area (TPSA) is 125 Å². The van der Waals surface area contributed by atoms with Crippen molar-refractivity contribution < 1.29 is 14.3 Å². The second-order valence-electron chi connectivity index (χ2n) is 8.32. The molecule has 0 saturated carbocycles. The molecule has 2 N–H and O–H groups in total. The number of fused-ring (bicyclic) bond motifs is 1. The Bertz CT molecular complexity index is 1200. The van der Waals surface area contributed by atoms with Gasteiger partial charge >= 0.3 is 0 Å². The van der Waals surface area contributed by atoms with Gasteiger partial charge in [-0.1, -0.05) is 6.92 Å². The van der Waals surface area contributed by atoms with Gasteiger partial charge in [0.1, 0.15) is 5.52 Å². The quantitative estimate of drug-likeness (QED) is 0.475. The molecule has 0 aromatic carbocycles. The van der Waals surface area contributed by atoms with Crippen LogP contribution in [0.3, 0.4) is 0 Å². The first kappa shape index (κ1) is 23.6. The Morgan fingerprint density at radius 3 is 2.62 bits per heavy atom. The summed E-state index contributed by atoms with van der Waals surface area (Å²) in [6.45, 7) is 4.59. The Kier molecular flexibility index (Phi) is 7.36. The first-order valence-electron chi connectivity index (χ1n) is 11.5. The van der Waals surface area contributed by atoms with E-state index in [0.29, 0.717) is 74.1 Å². The number of nitrogens with zero attached hydrogens (tertiary/aromatic N) is 5. The maximum atomic E-state index is 13.6. The van der Waals surface area contributed by atoms with Crippen molar-refractivity contribution in [3.63, 3.8) is 0 Å². The number of methoxy groups -OCH3 is 1. The Morgan fingerprint density at radius 1 is 1.18 bits per heavy atom. The first-order valence-corrected chi connectivity index (χ1v) is 11.5. The fraction of sp³-hybridized carbons (Fsp3) is 0.458. The van der Waals surface area contributed by atoms with Gasteiger partial charge in [-0.3, -0.25) is 14.6 Å². The van der Waals surface area contributed by atoms with Crippen molar-refractivity contribution in [2.45, 2.75) is 32.7 Å². The average Bonchev–Trinajstić information content (AvgIpc) is 2.87. The summed E-state index contributed by atoms with van der Waals surface area (Å²) in [5.41, 5.74) is 8.07. The third-order valence-corrected chi connectivity index (χ3v) is 6.06. The predicted octanol–water partition coefficient (Wildman–Crippen LogP) is 1.99. The lowest BCUT2D eigenvalue weighted by Gasteiger charge is -2.31. The number of hydrogen-bond donors (Lipinski definition) is 1. The summed E-state index contributed by atoms with van der Waals surface area (Å²) in [5, 5.41) is 0. The highest BCUT2D eigenvalue weighted by Crippen LogP contribution is 2.24. The minimum atomic E-state index is -0.290. The second-order valence-corrected chi connectivity index (χ2v) is 8.32. The molecular formula is C24H30N6O4. The van der Waals surface area contributed by atoms with Gasteiger partial charge in [-0.15, -0.1) is 0 Å². The van der Waals surface area contributed by atoms with E-state index < -0.39 is 0 Å². The maximum Gasteiger partial charge on any atom is 0.294 e. The van der Waals surface area contributed by atoms with Crippen LogP contribution >= 0.6 is 0 Å². The van der Waals surface area contributed by atoms with Crippen LogP contribution in [0.25, 0.3) is 22.3 Å². The third kappa shape index (κ3) is 5.01. The molecule has 0 atom stereocenters. The van der Waals surface area contributed by atoms with Crippen molar-refractivity contribution in [1.29, 1.82) is 0 Å². The number of carbonyl (C=O) groups excluding carboxylic acids is 1. The van der Waals surface area contributed by atoms with Crippen LogP contribution in [0, 0.1) is 5.92 Å². The van der Waals surface area contributed by atoms with Crippen LogP contribution < -0.4 is 20.9 Å². The molecule has 0 radical (unpaired) electrons. The Morgan fingerprint density at radius 2 is 1.97 bits per heavy atom. The maximum absolute atomic E-state index is 13.6. The minimum absolute atomic E-state index is 0.163. The highest BCUT2D eigenvalue weighted by molar-refractivity contribution is 5.80. The zero-order chi connectivity index (χ0) is 24.1. The van der Waals surface area contributed by atoms with Gasteiger partial charge in [0.25, 0.3) is 5.56 Å². The number of aromatic nitrogens is 4. The molecule has 0 spiro atoms. The predicted molar refractivity (Wildman–Crippen MR) is 129 cm³/mol. The van der Waals surface area contributed by atoms with E-state index in [2.05, 4.69) is 15.0 Å². The number of ether oxygens (including phenoxy) is 2. The summed E-state index contributed by atoms with van der Waals surface area (Å²) in [6, 6.07) is 5.50. The molecule has 180 valence electrons. The number of primary amides is 1. The van der Waals surface area contributed by atoms with Gasteiger partial charge in [-0.25, -0.2) is 9.97 Å². The molecule has 4 rings (SSSR count). The van der Waals surface area contributed by atoms with Crippen molar-refractivity contribution in [3.8, 4) is 17.1 Å². The highest BCUT2D eigenvalue weighted by atomic mass is 16.5. The van der Waals surface area contributed by atoms with E-state index in [1.54, 1.807) is 30.1 Å². The van der Waals surface area contributed by atoms with E-state index in [1.807, 2.05) is 24.0 Å². The van der Waals surface area contributed by atoms with Crippen LogP contribution in [0.1, 0.15) is 26.2 Å². The lowest BCUT2D eigenvalue weighted by molar-refractivity contribution is -0.122. The molecule has 3 aromatic rings. The zero-order valence-electron chi connectivity index (χ0n) is 19.6. The summed E-state index contributed by atoms with van der Waals surface area (Å²) in [6.07, 6.45) is 5.48. The second kappa shape index (κ2) is 10.6. The first-order chi connectivity index (χ1) is 16.5. The minimum Gasteiger partial charge on any atom is -0.481 e. The summed E-state index contributed by atoms with van der Waals surface area (Å²) >= 11 is 0. The van der Waals surface area contributed by atoms with E-state index in [0.717, 1.165) is 12.0 Å². The lowest BCUT2D eigenvalue weighted by atomic mass is 9.96. The van der Waals surface area contributed by atoms with Crippen LogP contribution in [-0.2, 0) is 16.1 Å². The third-order valence-electron chi connectivity index (χ3n) is 6.06. The molecule has 1 aliphatic heterocycles. The molecule has 0 bridgehead atoms. The van der Waals surface area contributed by atoms with Crippen LogP contribution in [0.4, 0.5) is 5.82 Å². The molecule has 4 heterocycles. The smallest absolute Gasteiger partial charge is 0.294 e. The fourth-order valence-electron chi connectivity index (χ4n) is 4.15. The number of hydrogen-bond acceptors (Lipinski definition) is 8. The van der Waals surface area contributed by atoms with Gasteiger partial charge in [-0.2, -0.15) is 0 Å². The summed E-state index contributed by atoms with van der Waals surface area (Å²) in [4.78, 5) is 40.5. The Labute approximate surface area is 197 Å². The molecule has 34 heavy (non-hydrogen) atoms. The Hall–Kier alpha value is -3.53. The van der Waals surface area contributed by atoms with E-state index in [9.17, 15) is 9.59 Å². The lowest BCUT2D eigenvalue weighted by Crippen LogP contribution is -2.42. The van der Waals surface area contributed by atoms with Gasteiger partial charge in [-0.05, 0) is 31.4 Å². The molecule has 1 saturated heterocycles. The number of amides is 1. The number of anilines is 1. The summed E-state index contributed by atoms with van der Waals surface area (Å²) < 4.78 is 12.5. The molecule has 1 fully saturated rings. The largest absolute Gasteiger partial charge is 0.481 e. The highest BCUT2D eigenvalue weighted by Gasteiger charge is 2.26. The van der Waals surface area contributed by atoms with E-state index in [4.69, 9.17) is 15.2 Å². The molecule has 1 amide bonds. The molecule has 3 aromatic heterocycles. The normalized spacial score (nSPS) is 14.5. The number of pyridine rings is 2. The SMILES string of the molecule is CCCOCCn1c(=O)c(N2CCC(C(N)=O)CC2)nc2cnc(-c3ccc(OC)nc3)cc21. The van der Waals surface area contributed by atoms with Crippen molar-refractivity contribution in [3.05, 3.63) is 40.9 Å². The molecule has 1 aliphatic rings. The number of carbonyl (C=O) groups is 1. The number of rotatable bonds is 9. The van der Waals surface area contributed by atoms with E-state index in [1.165, 1.54) is 0 Å². The van der Waals surface area contributed by atoms with Crippen LogP contribution in [0.15, 0.2) is 35.4 Å². The van der Waals surface area contributed by atoms with Gasteiger partial charge in [0.15, 0.2) is 5.82 Å². The van der Waals surface area contributed by atoms with Gasteiger partial charge in [0.05, 0.1) is 31.1 Å². The molecule has 0 aliphatic carbocycles. The van der Waals surface area contributed by atoms with Crippen LogP contribution in [0.5, 0.6) is 5.88 Å².